The first-order chi connectivity index (χ1) is 9.95. The van der Waals surface area contributed by atoms with Gasteiger partial charge in [0.25, 0.3) is 5.91 Å². The van der Waals surface area contributed by atoms with Gasteiger partial charge < -0.3 is 15.3 Å². The van der Waals surface area contributed by atoms with E-state index in [-0.39, 0.29) is 16.7 Å². The van der Waals surface area contributed by atoms with Crippen LogP contribution in [-0.4, -0.2) is 42.1 Å². The Bertz CT molecular complexity index is 505. The van der Waals surface area contributed by atoms with Gasteiger partial charge >= 0.3 is 0 Å². The number of carbonyl (C=O) groups is 1. The molecule has 1 heterocycles. The molecular weight excluding hydrogens is 288 g/mol. The molecule has 1 saturated heterocycles. The summed E-state index contributed by atoms with van der Waals surface area (Å²) in [4.78, 5) is 14.5. The molecule has 116 valence electrons. The molecule has 21 heavy (non-hydrogen) atoms. The van der Waals surface area contributed by atoms with Gasteiger partial charge in [-0.1, -0.05) is 25.4 Å². The molecule has 0 saturated carbocycles. The van der Waals surface area contributed by atoms with Crippen molar-refractivity contribution in [2.75, 3.05) is 26.2 Å². The maximum Gasteiger partial charge on any atom is 0.251 e. The number of halogens is 1. The molecule has 1 fully saturated rings. The number of carbonyl (C=O) groups excluding carboxylic acids is 1. The SMILES string of the molecule is CC(C)CN1CCC(CNC(=O)c2ccc(O)c(Cl)c2)C1. The van der Waals surface area contributed by atoms with Crippen LogP contribution in [0, 0.1) is 11.8 Å². The lowest BCUT2D eigenvalue weighted by Crippen LogP contribution is -2.31. The van der Waals surface area contributed by atoms with Gasteiger partial charge in [0, 0.05) is 25.2 Å². The summed E-state index contributed by atoms with van der Waals surface area (Å²) < 4.78 is 0. The highest BCUT2D eigenvalue weighted by molar-refractivity contribution is 6.32. The number of likely N-dealkylation sites (tertiary alicyclic amines) is 1. The number of hydrogen-bond acceptors (Lipinski definition) is 3. The van der Waals surface area contributed by atoms with Crippen molar-refractivity contribution in [3.8, 4) is 5.75 Å². The van der Waals surface area contributed by atoms with Gasteiger partial charge in [0.15, 0.2) is 0 Å². The van der Waals surface area contributed by atoms with E-state index >= 15 is 0 Å². The highest BCUT2D eigenvalue weighted by atomic mass is 35.5. The molecule has 0 bridgehead atoms. The fraction of sp³-hybridized carbons (Fsp3) is 0.562. The van der Waals surface area contributed by atoms with Crippen LogP contribution in [0.5, 0.6) is 5.75 Å². The Labute approximate surface area is 131 Å². The van der Waals surface area contributed by atoms with E-state index < -0.39 is 0 Å². The molecule has 5 heteroatoms. The number of benzene rings is 1. The van der Waals surface area contributed by atoms with Gasteiger partial charge in [-0.25, -0.2) is 0 Å². The summed E-state index contributed by atoms with van der Waals surface area (Å²) >= 11 is 5.82. The molecule has 1 aliphatic rings. The minimum absolute atomic E-state index is 0.00617. The molecule has 2 N–H and O–H groups in total. The van der Waals surface area contributed by atoms with Gasteiger partial charge in [0.2, 0.25) is 0 Å². The first-order valence-corrected chi connectivity index (χ1v) is 7.82. The van der Waals surface area contributed by atoms with Gasteiger partial charge in [-0.3, -0.25) is 4.79 Å². The second-order valence-corrected chi connectivity index (χ2v) is 6.59. The van der Waals surface area contributed by atoms with Crippen molar-refractivity contribution >= 4 is 17.5 Å². The quantitative estimate of drug-likeness (QED) is 0.879. The Balaban J connectivity index is 1.80. The normalized spacial score (nSPS) is 19.1. The van der Waals surface area contributed by atoms with Gasteiger partial charge in [-0.15, -0.1) is 0 Å². The maximum absolute atomic E-state index is 12.1. The molecule has 0 aromatic heterocycles. The van der Waals surface area contributed by atoms with E-state index in [2.05, 4.69) is 24.1 Å². The lowest BCUT2D eigenvalue weighted by molar-refractivity contribution is 0.0947. The molecule has 1 atom stereocenters. The van der Waals surface area contributed by atoms with E-state index in [0.29, 0.717) is 23.9 Å². The van der Waals surface area contributed by atoms with Gasteiger partial charge in [-0.05, 0) is 43.0 Å². The van der Waals surface area contributed by atoms with E-state index in [4.69, 9.17) is 11.6 Å². The van der Waals surface area contributed by atoms with Gasteiger partial charge in [0.1, 0.15) is 5.75 Å². The minimum Gasteiger partial charge on any atom is -0.506 e. The van der Waals surface area contributed by atoms with E-state index in [1.165, 1.54) is 12.1 Å². The number of rotatable bonds is 5. The zero-order chi connectivity index (χ0) is 15.4. The summed E-state index contributed by atoms with van der Waals surface area (Å²) in [5.74, 6) is 1.05. The minimum atomic E-state index is -0.140. The number of hydrogen-bond donors (Lipinski definition) is 2. The van der Waals surface area contributed by atoms with E-state index in [1.807, 2.05) is 0 Å². The Kier molecular flexibility index (Phi) is 5.48. The Morgan fingerprint density at radius 2 is 2.29 bits per heavy atom. The third-order valence-electron chi connectivity index (χ3n) is 3.75. The summed E-state index contributed by atoms with van der Waals surface area (Å²) in [5.41, 5.74) is 0.481. The summed E-state index contributed by atoms with van der Waals surface area (Å²) in [5, 5.41) is 12.5. The molecule has 4 nitrogen and oxygen atoms in total. The summed E-state index contributed by atoms with van der Waals surface area (Å²) in [7, 11) is 0. The Hall–Kier alpha value is -1.26. The van der Waals surface area contributed by atoms with Crippen LogP contribution in [-0.2, 0) is 0 Å². The van der Waals surface area contributed by atoms with Gasteiger partial charge in [-0.2, -0.15) is 0 Å². The van der Waals surface area contributed by atoms with Gasteiger partial charge in [0.05, 0.1) is 5.02 Å². The molecular formula is C16H23ClN2O2. The van der Waals surface area contributed by atoms with Crippen LogP contribution in [0.1, 0.15) is 30.6 Å². The van der Waals surface area contributed by atoms with Crippen molar-refractivity contribution in [2.24, 2.45) is 11.8 Å². The van der Waals surface area contributed by atoms with Crippen LogP contribution in [0.4, 0.5) is 0 Å². The number of aromatic hydroxyl groups is 1. The van der Waals surface area contributed by atoms with Crippen LogP contribution in [0.25, 0.3) is 0 Å². The first kappa shape index (κ1) is 16.1. The van der Waals surface area contributed by atoms with Crippen LogP contribution in [0.15, 0.2) is 18.2 Å². The summed E-state index contributed by atoms with van der Waals surface area (Å²) in [6, 6.07) is 4.51. The van der Waals surface area contributed by atoms with Crippen LogP contribution in [0.3, 0.4) is 0 Å². The standard InChI is InChI=1S/C16H23ClN2O2/c1-11(2)9-19-6-5-12(10-19)8-18-16(21)13-3-4-15(20)14(17)7-13/h3-4,7,11-12,20H,5-6,8-10H2,1-2H3,(H,18,21). The highest BCUT2D eigenvalue weighted by Gasteiger charge is 2.23. The fourth-order valence-corrected chi connectivity index (χ4v) is 2.93. The molecule has 0 radical (unpaired) electrons. The van der Waals surface area contributed by atoms with Crippen LogP contribution in [0.2, 0.25) is 5.02 Å². The van der Waals surface area contributed by atoms with Crippen molar-refractivity contribution in [3.63, 3.8) is 0 Å². The number of phenolic OH excluding ortho intramolecular Hbond substituents is 1. The molecule has 1 amide bonds. The zero-order valence-corrected chi connectivity index (χ0v) is 13.4. The Morgan fingerprint density at radius 1 is 1.52 bits per heavy atom. The van der Waals surface area contributed by atoms with E-state index in [0.717, 1.165) is 26.1 Å². The van der Waals surface area contributed by atoms with Crippen LogP contribution < -0.4 is 5.32 Å². The molecule has 0 spiro atoms. The fourth-order valence-electron chi connectivity index (χ4n) is 2.75. The third-order valence-corrected chi connectivity index (χ3v) is 4.06. The predicted molar refractivity (Wildman–Crippen MR) is 84.8 cm³/mol. The molecule has 1 unspecified atom stereocenters. The van der Waals surface area contributed by atoms with Crippen LogP contribution >= 0.6 is 11.6 Å². The molecule has 1 aliphatic heterocycles. The van der Waals surface area contributed by atoms with Crippen molar-refractivity contribution in [3.05, 3.63) is 28.8 Å². The lowest BCUT2D eigenvalue weighted by Gasteiger charge is -2.18. The number of amides is 1. The second kappa shape index (κ2) is 7.14. The van der Waals surface area contributed by atoms with Crippen molar-refractivity contribution in [2.45, 2.75) is 20.3 Å². The molecule has 1 aromatic carbocycles. The van der Waals surface area contributed by atoms with Crippen molar-refractivity contribution in [1.29, 1.82) is 0 Å². The Morgan fingerprint density at radius 3 is 2.95 bits per heavy atom. The molecule has 1 aromatic rings. The maximum atomic E-state index is 12.1. The first-order valence-electron chi connectivity index (χ1n) is 7.44. The van der Waals surface area contributed by atoms with Crippen molar-refractivity contribution < 1.29 is 9.90 Å². The smallest absolute Gasteiger partial charge is 0.251 e. The molecule has 0 aliphatic carbocycles. The zero-order valence-electron chi connectivity index (χ0n) is 12.6. The summed E-state index contributed by atoms with van der Waals surface area (Å²) in [6.07, 6.45) is 1.13. The van der Waals surface area contributed by atoms with Crippen molar-refractivity contribution in [1.82, 2.24) is 10.2 Å². The number of nitrogens with zero attached hydrogens (tertiary/aromatic N) is 1. The number of nitrogens with one attached hydrogen (secondary N) is 1. The predicted octanol–water partition coefficient (Wildman–Crippen LogP) is 2.75. The third kappa shape index (κ3) is 4.61. The average Bonchev–Trinajstić information content (AvgIpc) is 2.86. The topological polar surface area (TPSA) is 52.6 Å². The van der Waals surface area contributed by atoms with E-state index in [9.17, 15) is 9.90 Å². The largest absolute Gasteiger partial charge is 0.506 e. The lowest BCUT2D eigenvalue weighted by atomic mass is 10.1. The second-order valence-electron chi connectivity index (χ2n) is 6.18. The average molecular weight is 311 g/mol. The monoisotopic (exact) mass is 310 g/mol. The highest BCUT2D eigenvalue weighted by Crippen LogP contribution is 2.23. The summed E-state index contributed by atoms with van der Waals surface area (Å²) in [6.45, 7) is 8.43. The molecule has 2 rings (SSSR count). The number of phenols is 1. The van der Waals surface area contributed by atoms with E-state index in [1.54, 1.807) is 6.07 Å².